The molecule has 102 valence electrons. The summed E-state index contributed by atoms with van der Waals surface area (Å²) in [6, 6.07) is 3.90. The van der Waals surface area contributed by atoms with Gasteiger partial charge >= 0.3 is 12.4 Å². The number of aliphatic hydroxyl groups is 1. The van der Waals surface area contributed by atoms with Gasteiger partial charge in [-0.1, -0.05) is 18.2 Å². The third-order valence-electron chi connectivity index (χ3n) is 2.19. The predicted molar refractivity (Wildman–Crippen MR) is 51.8 cm³/mol. The molecule has 1 aromatic rings. The molecule has 0 aliphatic rings. The quantitative estimate of drug-likeness (QED) is 0.834. The first-order valence-electron chi connectivity index (χ1n) is 4.99. The van der Waals surface area contributed by atoms with Gasteiger partial charge < -0.3 is 5.11 Å². The molecule has 0 bridgehead atoms. The van der Waals surface area contributed by atoms with Crippen LogP contribution in [-0.2, 0) is 12.6 Å². The molecule has 18 heavy (non-hydrogen) atoms. The Hall–Kier alpha value is -1.24. The molecule has 0 radical (unpaired) electrons. The van der Waals surface area contributed by atoms with Crippen molar-refractivity contribution in [3.8, 4) is 0 Å². The average molecular weight is 272 g/mol. The van der Waals surface area contributed by atoms with Gasteiger partial charge in [0.2, 0.25) is 0 Å². The Morgan fingerprint density at radius 2 is 1.67 bits per heavy atom. The predicted octanol–water partition coefficient (Wildman–Crippen LogP) is 3.56. The molecule has 0 fully saturated rings. The van der Waals surface area contributed by atoms with Gasteiger partial charge in [-0.25, -0.2) is 0 Å². The maximum Gasteiger partial charge on any atom is 0.416 e. The van der Waals surface area contributed by atoms with Gasteiger partial charge in [0, 0.05) is 0 Å². The van der Waals surface area contributed by atoms with Gasteiger partial charge in [-0.05, 0) is 18.1 Å². The first-order valence-corrected chi connectivity index (χ1v) is 4.99. The van der Waals surface area contributed by atoms with Gasteiger partial charge in [0.05, 0.1) is 18.1 Å². The summed E-state index contributed by atoms with van der Waals surface area (Å²) < 4.78 is 72.8. The Morgan fingerprint density at radius 1 is 1.06 bits per heavy atom. The van der Waals surface area contributed by atoms with Gasteiger partial charge in [0.25, 0.3) is 0 Å². The molecule has 1 aromatic carbocycles. The molecule has 0 aliphatic heterocycles. The molecule has 0 spiro atoms. The Kier molecular flexibility index (Phi) is 4.26. The molecular formula is C11H10F6O. The van der Waals surface area contributed by atoms with Crippen LogP contribution in [0.1, 0.15) is 17.5 Å². The van der Waals surface area contributed by atoms with Crippen LogP contribution in [0.3, 0.4) is 0 Å². The van der Waals surface area contributed by atoms with Gasteiger partial charge in [-0.2, -0.15) is 26.3 Å². The van der Waals surface area contributed by atoms with Crippen molar-refractivity contribution in [2.75, 3.05) is 0 Å². The third kappa shape index (κ3) is 4.95. The molecule has 7 heteroatoms. The van der Waals surface area contributed by atoms with Gasteiger partial charge in [0.1, 0.15) is 0 Å². The molecule has 0 aliphatic carbocycles. The van der Waals surface area contributed by atoms with Gasteiger partial charge in [-0.3, -0.25) is 0 Å². The van der Waals surface area contributed by atoms with E-state index < -0.39 is 36.9 Å². The van der Waals surface area contributed by atoms with Crippen LogP contribution in [0.15, 0.2) is 24.3 Å². The van der Waals surface area contributed by atoms with Crippen molar-refractivity contribution in [2.24, 2.45) is 0 Å². The van der Waals surface area contributed by atoms with E-state index in [1.165, 1.54) is 6.07 Å². The summed E-state index contributed by atoms with van der Waals surface area (Å²) in [5, 5.41) is 9.13. The lowest BCUT2D eigenvalue weighted by Gasteiger charge is -2.14. The largest absolute Gasteiger partial charge is 0.416 e. The molecule has 0 heterocycles. The van der Waals surface area contributed by atoms with Crippen LogP contribution in [0, 0.1) is 0 Å². The van der Waals surface area contributed by atoms with Gasteiger partial charge in [0.15, 0.2) is 0 Å². The topological polar surface area (TPSA) is 20.2 Å². The molecule has 1 nitrogen and oxygen atoms in total. The van der Waals surface area contributed by atoms with Crippen LogP contribution in [0.5, 0.6) is 0 Å². The van der Waals surface area contributed by atoms with Gasteiger partial charge in [-0.15, -0.1) is 0 Å². The highest BCUT2D eigenvalue weighted by Crippen LogP contribution is 2.30. The normalized spacial score (nSPS) is 14.6. The van der Waals surface area contributed by atoms with Crippen molar-refractivity contribution in [2.45, 2.75) is 31.3 Å². The number of benzene rings is 1. The Morgan fingerprint density at radius 3 is 2.17 bits per heavy atom. The second kappa shape index (κ2) is 5.17. The van der Waals surface area contributed by atoms with Crippen LogP contribution >= 0.6 is 0 Å². The number of aliphatic hydroxyl groups excluding tert-OH is 1. The lowest BCUT2D eigenvalue weighted by atomic mass is 10.0. The van der Waals surface area contributed by atoms with E-state index in [1.807, 2.05) is 0 Å². The Balaban J connectivity index is 2.74. The number of alkyl halides is 6. The second-order valence-corrected chi connectivity index (χ2v) is 3.88. The number of rotatable bonds is 3. The van der Waals surface area contributed by atoms with E-state index in [1.54, 1.807) is 0 Å². The van der Waals surface area contributed by atoms with Crippen molar-refractivity contribution < 1.29 is 31.4 Å². The Labute approximate surface area is 99.0 Å². The SMILES string of the molecule is OC(Cc1cccc(C(F)(F)F)c1)CC(F)(F)F. The summed E-state index contributed by atoms with van der Waals surface area (Å²) in [4.78, 5) is 0. The van der Waals surface area contributed by atoms with Crippen molar-refractivity contribution in [1.29, 1.82) is 0 Å². The molecule has 1 rings (SSSR count). The maximum atomic E-state index is 12.3. The Bertz CT molecular complexity index is 395. The number of hydrogen-bond acceptors (Lipinski definition) is 1. The molecule has 0 saturated heterocycles. The molecule has 0 aromatic heterocycles. The molecule has 0 saturated carbocycles. The van der Waals surface area contributed by atoms with Crippen molar-refractivity contribution >= 4 is 0 Å². The fourth-order valence-corrected chi connectivity index (χ4v) is 1.49. The standard InChI is InChI=1S/C11H10F6O/c12-10(13,14)6-9(18)5-7-2-1-3-8(4-7)11(15,16)17/h1-4,9,18H,5-6H2. The van der Waals surface area contributed by atoms with Crippen molar-refractivity contribution in [3.05, 3.63) is 35.4 Å². The molecular weight excluding hydrogens is 262 g/mol. The highest BCUT2D eigenvalue weighted by Gasteiger charge is 2.32. The van der Waals surface area contributed by atoms with Crippen molar-refractivity contribution in [1.82, 2.24) is 0 Å². The monoisotopic (exact) mass is 272 g/mol. The second-order valence-electron chi connectivity index (χ2n) is 3.88. The smallest absolute Gasteiger partial charge is 0.392 e. The highest BCUT2D eigenvalue weighted by atomic mass is 19.4. The first kappa shape index (κ1) is 14.8. The van der Waals surface area contributed by atoms with E-state index in [4.69, 9.17) is 5.11 Å². The average Bonchev–Trinajstić information content (AvgIpc) is 2.13. The minimum absolute atomic E-state index is 0.0153. The van der Waals surface area contributed by atoms with E-state index in [-0.39, 0.29) is 5.56 Å². The first-order chi connectivity index (χ1) is 8.08. The lowest BCUT2D eigenvalue weighted by molar-refractivity contribution is -0.153. The fourth-order valence-electron chi connectivity index (χ4n) is 1.49. The van der Waals surface area contributed by atoms with E-state index in [0.717, 1.165) is 18.2 Å². The third-order valence-corrected chi connectivity index (χ3v) is 2.19. The fraction of sp³-hybridized carbons (Fsp3) is 0.455. The molecule has 1 atom stereocenters. The summed E-state index contributed by atoms with van der Waals surface area (Å²) >= 11 is 0. The van der Waals surface area contributed by atoms with Crippen LogP contribution < -0.4 is 0 Å². The van der Waals surface area contributed by atoms with E-state index in [9.17, 15) is 26.3 Å². The zero-order chi connectivity index (χ0) is 14.0. The number of hydrogen-bond donors (Lipinski definition) is 1. The zero-order valence-electron chi connectivity index (χ0n) is 9.02. The lowest BCUT2D eigenvalue weighted by Crippen LogP contribution is -2.21. The summed E-state index contributed by atoms with van der Waals surface area (Å²) in [6.45, 7) is 0. The van der Waals surface area contributed by atoms with Crippen LogP contribution in [0.25, 0.3) is 0 Å². The molecule has 0 amide bonds. The minimum atomic E-state index is -4.55. The summed E-state index contributed by atoms with van der Waals surface area (Å²) in [6.07, 6.45) is -12.7. The number of halogens is 6. The minimum Gasteiger partial charge on any atom is -0.392 e. The van der Waals surface area contributed by atoms with E-state index in [2.05, 4.69) is 0 Å². The van der Waals surface area contributed by atoms with Crippen LogP contribution in [0.4, 0.5) is 26.3 Å². The summed E-state index contributed by atoms with van der Waals surface area (Å²) in [5.41, 5.74) is -0.930. The van der Waals surface area contributed by atoms with Crippen LogP contribution in [0.2, 0.25) is 0 Å². The summed E-state index contributed by atoms with van der Waals surface area (Å²) in [5.74, 6) is 0. The summed E-state index contributed by atoms with van der Waals surface area (Å²) in [7, 11) is 0. The van der Waals surface area contributed by atoms with Crippen LogP contribution in [-0.4, -0.2) is 17.4 Å². The van der Waals surface area contributed by atoms with E-state index >= 15 is 0 Å². The van der Waals surface area contributed by atoms with E-state index in [0.29, 0.717) is 0 Å². The maximum absolute atomic E-state index is 12.3. The molecule has 1 N–H and O–H groups in total. The zero-order valence-corrected chi connectivity index (χ0v) is 9.02. The molecule has 1 unspecified atom stereocenters. The van der Waals surface area contributed by atoms with Crippen molar-refractivity contribution in [3.63, 3.8) is 0 Å². The highest BCUT2D eigenvalue weighted by molar-refractivity contribution is 5.26.